The second kappa shape index (κ2) is 9.98. The van der Waals surface area contributed by atoms with E-state index in [1.165, 1.54) is 44.1 Å². The van der Waals surface area contributed by atoms with Gasteiger partial charge in [0.1, 0.15) is 0 Å². The van der Waals surface area contributed by atoms with Crippen molar-refractivity contribution in [3.8, 4) is 0 Å². The fourth-order valence-electron chi connectivity index (χ4n) is 2.84. The average molecular weight is 307 g/mol. The summed E-state index contributed by atoms with van der Waals surface area (Å²) in [6.45, 7) is 3.86. The number of nitrogens with two attached hydrogens (primary N) is 1. The van der Waals surface area contributed by atoms with Gasteiger partial charge in [-0.25, -0.2) is 0 Å². The third-order valence-electron chi connectivity index (χ3n) is 4.55. The van der Waals surface area contributed by atoms with E-state index in [9.17, 15) is 10.2 Å². The van der Waals surface area contributed by atoms with E-state index in [0.29, 0.717) is 6.42 Å². The van der Waals surface area contributed by atoms with Gasteiger partial charge in [-0.3, -0.25) is 0 Å². The molecule has 0 aliphatic heterocycles. The Balaban J connectivity index is 2.52. The highest BCUT2D eigenvalue weighted by Gasteiger charge is 2.33. The zero-order valence-corrected chi connectivity index (χ0v) is 14.2. The first-order chi connectivity index (χ1) is 10.6. The molecule has 4 N–H and O–H groups in total. The summed E-state index contributed by atoms with van der Waals surface area (Å²) in [5.41, 5.74) is 7.23. The van der Waals surface area contributed by atoms with Crippen LogP contribution >= 0.6 is 0 Å². The van der Waals surface area contributed by atoms with Crippen LogP contribution in [-0.2, 0) is 12.0 Å². The molecule has 0 amide bonds. The second-order valence-corrected chi connectivity index (χ2v) is 6.34. The molecule has 126 valence electrons. The number of unbranched alkanes of at least 4 members (excludes halogenated alkanes) is 5. The summed E-state index contributed by atoms with van der Waals surface area (Å²) in [6, 6.07) is 8.03. The maximum Gasteiger partial charge on any atom is 0.0906 e. The standard InChI is InChI=1S/C19H33NO2/c1-3-5-6-7-8-9-10-16-11-13-17(14-12-16)19(20,15-21)18(22)4-2/h11-14,18,21-22H,3-10,15,20H2,1-2H3. The molecule has 1 rings (SSSR count). The van der Waals surface area contributed by atoms with E-state index < -0.39 is 11.6 Å². The highest BCUT2D eigenvalue weighted by Crippen LogP contribution is 2.24. The van der Waals surface area contributed by atoms with E-state index >= 15 is 0 Å². The molecule has 0 aromatic heterocycles. The Bertz CT molecular complexity index is 404. The molecule has 22 heavy (non-hydrogen) atoms. The van der Waals surface area contributed by atoms with Gasteiger partial charge in [0.15, 0.2) is 0 Å². The third-order valence-corrected chi connectivity index (χ3v) is 4.55. The first-order valence-electron chi connectivity index (χ1n) is 8.75. The van der Waals surface area contributed by atoms with Crippen molar-refractivity contribution in [1.29, 1.82) is 0 Å². The lowest BCUT2D eigenvalue weighted by Crippen LogP contribution is -2.50. The molecule has 0 aliphatic rings. The Labute approximate surface area is 135 Å². The number of hydrogen-bond donors (Lipinski definition) is 3. The van der Waals surface area contributed by atoms with Gasteiger partial charge in [-0.05, 0) is 30.4 Å². The molecular weight excluding hydrogens is 274 g/mol. The van der Waals surface area contributed by atoms with Crippen LogP contribution in [0.2, 0.25) is 0 Å². The Kier molecular flexibility index (Phi) is 8.69. The van der Waals surface area contributed by atoms with Gasteiger partial charge in [0.05, 0.1) is 18.2 Å². The van der Waals surface area contributed by atoms with E-state index in [1.807, 2.05) is 19.1 Å². The van der Waals surface area contributed by atoms with Crippen LogP contribution in [0.25, 0.3) is 0 Å². The van der Waals surface area contributed by atoms with Crippen molar-refractivity contribution < 1.29 is 10.2 Å². The number of aliphatic hydroxyl groups excluding tert-OH is 2. The van der Waals surface area contributed by atoms with Gasteiger partial charge in [-0.2, -0.15) is 0 Å². The zero-order valence-electron chi connectivity index (χ0n) is 14.2. The van der Waals surface area contributed by atoms with Crippen LogP contribution < -0.4 is 5.73 Å². The SMILES string of the molecule is CCCCCCCCc1ccc(C(N)(CO)C(O)CC)cc1. The van der Waals surface area contributed by atoms with E-state index in [0.717, 1.165) is 12.0 Å². The van der Waals surface area contributed by atoms with Crippen molar-refractivity contribution >= 4 is 0 Å². The molecule has 0 radical (unpaired) electrons. The van der Waals surface area contributed by atoms with Gasteiger partial charge >= 0.3 is 0 Å². The minimum Gasteiger partial charge on any atom is -0.394 e. The fraction of sp³-hybridized carbons (Fsp3) is 0.684. The molecule has 0 bridgehead atoms. The highest BCUT2D eigenvalue weighted by atomic mass is 16.3. The van der Waals surface area contributed by atoms with E-state index in [1.54, 1.807) is 0 Å². The summed E-state index contributed by atoms with van der Waals surface area (Å²) in [4.78, 5) is 0. The van der Waals surface area contributed by atoms with Gasteiger partial charge in [0.2, 0.25) is 0 Å². The second-order valence-electron chi connectivity index (χ2n) is 6.34. The Morgan fingerprint density at radius 1 is 1.00 bits per heavy atom. The molecule has 0 saturated heterocycles. The van der Waals surface area contributed by atoms with Crippen molar-refractivity contribution in [2.24, 2.45) is 5.73 Å². The van der Waals surface area contributed by atoms with E-state index in [4.69, 9.17) is 5.73 Å². The molecule has 2 unspecified atom stereocenters. The number of hydrogen-bond acceptors (Lipinski definition) is 3. The lowest BCUT2D eigenvalue weighted by Gasteiger charge is -2.32. The zero-order chi connectivity index (χ0) is 16.4. The minimum absolute atomic E-state index is 0.251. The van der Waals surface area contributed by atoms with Gasteiger partial charge in [0, 0.05) is 0 Å². The molecule has 0 spiro atoms. The maximum absolute atomic E-state index is 10.1. The first-order valence-corrected chi connectivity index (χ1v) is 8.75. The Hall–Kier alpha value is -0.900. The molecular formula is C19H33NO2. The van der Waals surface area contributed by atoms with Gasteiger partial charge in [0.25, 0.3) is 0 Å². The number of aliphatic hydroxyl groups is 2. The monoisotopic (exact) mass is 307 g/mol. The van der Waals surface area contributed by atoms with Gasteiger partial charge < -0.3 is 15.9 Å². The predicted molar refractivity (Wildman–Crippen MR) is 92.8 cm³/mol. The number of benzene rings is 1. The molecule has 0 fully saturated rings. The van der Waals surface area contributed by atoms with Gasteiger partial charge in [-0.15, -0.1) is 0 Å². The Morgan fingerprint density at radius 2 is 1.59 bits per heavy atom. The number of aryl methyl sites for hydroxylation is 1. The van der Waals surface area contributed by atoms with Crippen LogP contribution in [0.15, 0.2) is 24.3 Å². The minimum atomic E-state index is -1.06. The summed E-state index contributed by atoms with van der Waals surface area (Å²) in [6.07, 6.45) is 8.67. The van der Waals surface area contributed by atoms with E-state index in [-0.39, 0.29) is 6.61 Å². The smallest absolute Gasteiger partial charge is 0.0906 e. The molecule has 0 saturated carbocycles. The highest BCUT2D eigenvalue weighted by molar-refractivity contribution is 5.29. The topological polar surface area (TPSA) is 66.5 Å². The average Bonchev–Trinajstić information content (AvgIpc) is 2.57. The molecule has 3 nitrogen and oxygen atoms in total. The first kappa shape index (κ1) is 19.1. The van der Waals surface area contributed by atoms with Crippen LogP contribution in [0.5, 0.6) is 0 Å². The van der Waals surface area contributed by atoms with Crippen molar-refractivity contribution in [2.75, 3.05) is 6.61 Å². The Morgan fingerprint density at radius 3 is 2.14 bits per heavy atom. The summed E-state index contributed by atoms with van der Waals surface area (Å²) in [5.74, 6) is 0. The summed E-state index contributed by atoms with van der Waals surface area (Å²) in [7, 11) is 0. The maximum atomic E-state index is 10.1. The van der Waals surface area contributed by atoms with Crippen molar-refractivity contribution in [3.05, 3.63) is 35.4 Å². The number of rotatable bonds is 11. The molecule has 2 atom stereocenters. The van der Waals surface area contributed by atoms with Crippen molar-refractivity contribution in [3.63, 3.8) is 0 Å². The lowest BCUT2D eigenvalue weighted by molar-refractivity contribution is 0.0384. The van der Waals surface area contributed by atoms with Crippen molar-refractivity contribution in [2.45, 2.75) is 76.9 Å². The van der Waals surface area contributed by atoms with E-state index in [2.05, 4.69) is 19.1 Å². The summed E-state index contributed by atoms with van der Waals surface area (Å²) < 4.78 is 0. The van der Waals surface area contributed by atoms with Crippen LogP contribution in [-0.4, -0.2) is 22.9 Å². The molecule has 0 heterocycles. The fourth-order valence-corrected chi connectivity index (χ4v) is 2.84. The van der Waals surface area contributed by atoms with Crippen LogP contribution in [0.1, 0.15) is 69.9 Å². The van der Waals surface area contributed by atoms with Crippen LogP contribution in [0.4, 0.5) is 0 Å². The van der Waals surface area contributed by atoms with Gasteiger partial charge in [-0.1, -0.05) is 70.2 Å². The molecule has 1 aromatic rings. The van der Waals surface area contributed by atoms with Crippen molar-refractivity contribution in [1.82, 2.24) is 0 Å². The molecule has 3 heteroatoms. The molecule has 0 aliphatic carbocycles. The normalized spacial score (nSPS) is 15.5. The van der Waals surface area contributed by atoms with Crippen LogP contribution in [0.3, 0.4) is 0 Å². The van der Waals surface area contributed by atoms with Crippen LogP contribution in [0, 0.1) is 0 Å². The third kappa shape index (κ3) is 5.38. The lowest BCUT2D eigenvalue weighted by atomic mass is 9.84. The summed E-state index contributed by atoms with van der Waals surface area (Å²) in [5, 5.41) is 19.6. The quantitative estimate of drug-likeness (QED) is 0.548. The molecule has 1 aromatic carbocycles. The largest absolute Gasteiger partial charge is 0.394 e. The predicted octanol–water partition coefficient (Wildman–Crippen LogP) is 3.51. The summed E-state index contributed by atoms with van der Waals surface area (Å²) >= 11 is 0.